The normalized spacial score (nSPS) is 13.5. The molecule has 0 aliphatic carbocycles. The molecule has 4 heteroatoms. The van der Waals surface area contributed by atoms with Gasteiger partial charge in [-0.2, -0.15) is 5.10 Å². The van der Waals surface area contributed by atoms with Gasteiger partial charge in [0.1, 0.15) is 0 Å². The van der Waals surface area contributed by atoms with Crippen LogP contribution >= 0.6 is 0 Å². The molecule has 0 saturated carbocycles. The van der Waals surface area contributed by atoms with Crippen molar-refractivity contribution >= 4 is 0 Å². The predicted octanol–water partition coefficient (Wildman–Crippen LogP) is 2.88. The van der Waals surface area contributed by atoms with E-state index in [1.54, 1.807) is 0 Å². The van der Waals surface area contributed by atoms with Crippen molar-refractivity contribution in [3.05, 3.63) is 48.0 Å². The second-order valence-electron chi connectivity index (χ2n) is 5.85. The topological polar surface area (TPSA) is 42.7 Å². The molecule has 0 aliphatic heterocycles. The van der Waals surface area contributed by atoms with Gasteiger partial charge in [-0.05, 0) is 45.4 Å². The standard InChI is InChI=1S/C15H22N4/c1-12(14-5-7-16-8-6-14)17-9-13-10-18-19(11-13)15(2,3)4/h5-8,10-12,17H,9H2,1-4H3. The van der Waals surface area contributed by atoms with E-state index >= 15 is 0 Å². The van der Waals surface area contributed by atoms with Gasteiger partial charge in [0.05, 0.1) is 11.7 Å². The number of rotatable bonds is 4. The van der Waals surface area contributed by atoms with E-state index in [0.717, 1.165) is 6.54 Å². The Labute approximate surface area is 114 Å². The van der Waals surface area contributed by atoms with Crippen molar-refractivity contribution in [2.45, 2.75) is 45.8 Å². The summed E-state index contributed by atoms with van der Waals surface area (Å²) in [6, 6.07) is 4.38. The van der Waals surface area contributed by atoms with Crippen LogP contribution in [0, 0.1) is 0 Å². The Bertz CT molecular complexity index is 510. The molecule has 1 unspecified atom stereocenters. The zero-order valence-electron chi connectivity index (χ0n) is 12.1. The number of hydrogen-bond donors (Lipinski definition) is 1. The van der Waals surface area contributed by atoms with Crippen LogP contribution in [0.2, 0.25) is 0 Å². The van der Waals surface area contributed by atoms with Crippen molar-refractivity contribution < 1.29 is 0 Å². The molecular weight excluding hydrogens is 236 g/mol. The van der Waals surface area contributed by atoms with Crippen molar-refractivity contribution in [2.75, 3.05) is 0 Å². The fraction of sp³-hybridized carbons (Fsp3) is 0.467. The summed E-state index contributed by atoms with van der Waals surface area (Å²) >= 11 is 0. The lowest BCUT2D eigenvalue weighted by Crippen LogP contribution is -2.22. The largest absolute Gasteiger partial charge is 0.306 e. The Hall–Kier alpha value is -1.68. The van der Waals surface area contributed by atoms with Crippen LogP contribution in [-0.4, -0.2) is 14.8 Å². The molecule has 2 aromatic rings. The molecule has 0 saturated heterocycles. The summed E-state index contributed by atoms with van der Waals surface area (Å²) in [5.74, 6) is 0. The smallest absolute Gasteiger partial charge is 0.0543 e. The van der Waals surface area contributed by atoms with Crippen LogP contribution in [0.3, 0.4) is 0 Å². The summed E-state index contributed by atoms with van der Waals surface area (Å²) in [6.07, 6.45) is 7.68. The fourth-order valence-corrected chi connectivity index (χ4v) is 1.86. The van der Waals surface area contributed by atoms with Crippen LogP contribution in [0.5, 0.6) is 0 Å². The second kappa shape index (κ2) is 5.53. The second-order valence-corrected chi connectivity index (χ2v) is 5.85. The SMILES string of the molecule is CC(NCc1cnn(C(C)(C)C)c1)c1ccncc1. The van der Waals surface area contributed by atoms with Gasteiger partial charge in [-0.1, -0.05) is 0 Å². The molecule has 0 aliphatic rings. The minimum absolute atomic E-state index is 0.0367. The third-order valence-electron chi connectivity index (χ3n) is 3.14. The van der Waals surface area contributed by atoms with E-state index in [-0.39, 0.29) is 5.54 Å². The molecule has 1 N–H and O–H groups in total. The maximum absolute atomic E-state index is 4.40. The molecule has 19 heavy (non-hydrogen) atoms. The third-order valence-corrected chi connectivity index (χ3v) is 3.14. The highest BCUT2D eigenvalue weighted by molar-refractivity contribution is 5.14. The number of hydrogen-bond acceptors (Lipinski definition) is 3. The lowest BCUT2D eigenvalue weighted by Gasteiger charge is -2.18. The fourth-order valence-electron chi connectivity index (χ4n) is 1.86. The first-order chi connectivity index (χ1) is 8.97. The van der Waals surface area contributed by atoms with Crippen LogP contribution in [0.1, 0.15) is 44.9 Å². The number of nitrogens with zero attached hydrogens (tertiary/aromatic N) is 3. The average Bonchev–Trinajstić information content (AvgIpc) is 2.86. The number of pyridine rings is 1. The molecule has 0 bridgehead atoms. The van der Waals surface area contributed by atoms with Gasteiger partial charge in [0, 0.05) is 36.7 Å². The Balaban J connectivity index is 1.94. The van der Waals surface area contributed by atoms with Gasteiger partial charge >= 0.3 is 0 Å². The lowest BCUT2D eigenvalue weighted by molar-refractivity contribution is 0.355. The monoisotopic (exact) mass is 258 g/mol. The lowest BCUT2D eigenvalue weighted by atomic mass is 10.1. The van der Waals surface area contributed by atoms with Gasteiger partial charge in [0.2, 0.25) is 0 Å². The summed E-state index contributed by atoms with van der Waals surface area (Å²) in [5.41, 5.74) is 2.49. The third kappa shape index (κ3) is 3.64. The van der Waals surface area contributed by atoms with E-state index < -0.39 is 0 Å². The highest BCUT2D eigenvalue weighted by atomic mass is 15.3. The highest BCUT2D eigenvalue weighted by Gasteiger charge is 2.14. The van der Waals surface area contributed by atoms with Crippen molar-refractivity contribution in [3.63, 3.8) is 0 Å². The van der Waals surface area contributed by atoms with Gasteiger partial charge in [-0.25, -0.2) is 0 Å². The maximum atomic E-state index is 4.40. The van der Waals surface area contributed by atoms with Crippen LogP contribution in [0.4, 0.5) is 0 Å². The molecule has 0 spiro atoms. The molecule has 102 valence electrons. The Morgan fingerprint density at radius 1 is 1.26 bits per heavy atom. The first kappa shape index (κ1) is 13.7. The molecular formula is C15H22N4. The highest BCUT2D eigenvalue weighted by Crippen LogP contribution is 2.14. The first-order valence-electron chi connectivity index (χ1n) is 6.64. The van der Waals surface area contributed by atoms with E-state index in [1.165, 1.54) is 11.1 Å². The predicted molar refractivity (Wildman–Crippen MR) is 76.7 cm³/mol. The van der Waals surface area contributed by atoms with E-state index in [0.29, 0.717) is 6.04 Å². The van der Waals surface area contributed by atoms with Gasteiger partial charge in [-0.3, -0.25) is 9.67 Å². The molecule has 0 amide bonds. The van der Waals surface area contributed by atoms with Crippen LogP contribution in [-0.2, 0) is 12.1 Å². The van der Waals surface area contributed by atoms with Crippen molar-refractivity contribution in [3.8, 4) is 0 Å². The van der Waals surface area contributed by atoms with Gasteiger partial charge in [-0.15, -0.1) is 0 Å². The van der Waals surface area contributed by atoms with E-state index in [9.17, 15) is 0 Å². The molecule has 0 fully saturated rings. The minimum atomic E-state index is 0.0367. The Morgan fingerprint density at radius 3 is 2.53 bits per heavy atom. The molecule has 4 nitrogen and oxygen atoms in total. The molecule has 2 heterocycles. The molecule has 0 radical (unpaired) electrons. The minimum Gasteiger partial charge on any atom is -0.306 e. The number of aromatic nitrogens is 3. The molecule has 2 rings (SSSR count). The average molecular weight is 258 g/mol. The Kier molecular flexibility index (Phi) is 4.00. The summed E-state index contributed by atoms with van der Waals surface area (Å²) in [5, 5.41) is 7.90. The molecule has 0 aromatic carbocycles. The summed E-state index contributed by atoms with van der Waals surface area (Å²) in [7, 11) is 0. The maximum Gasteiger partial charge on any atom is 0.0543 e. The van der Waals surface area contributed by atoms with Crippen LogP contribution in [0.15, 0.2) is 36.9 Å². The van der Waals surface area contributed by atoms with E-state index in [4.69, 9.17) is 0 Å². The van der Waals surface area contributed by atoms with Gasteiger partial charge < -0.3 is 5.32 Å². The summed E-state index contributed by atoms with van der Waals surface area (Å²) in [6.45, 7) is 9.42. The Morgan fingerprint density at radius 2 is 1.95 bits per heavy atom. The quantitative estimate of drug-likeness (QED) is 0.917. The molecule has 2 aromatic heterocycles. The number of nitrogens with one attached hydrogen (secondary N) is 1. The zero-order valence-corrected chi connectivity index (χ0v) is 12.1. The summed E-state index contributed by atoms with van der Waals surface area (Å²) < 4.78 is 2.00. The van der Waals surface area contributed by atoms with Crippen molar-refractivity contribution in [1.82, 2.24) is 20.1 Å². The zero-order chi connectivity index (χ0) is 13.9. The van der Waals surface area contributed by atoms with E-state index in [2.05, 4.69) is 49.3 Å². The molecule has 1 atom stereocenters. The summed E-state index contributed by atoms with van der Waals surface area (Å²) in [4.78, 5) is 4.04. The van der Waals surface area contributed by atoms with Crippen LogP contribution < -0.4 is 5.32 Å². The van der Waals surface area contributed by atoms with Crippen LogP contribution in [0.25, 0.3) is 0 Å². The van der Waals surface area contributed by atoms with Crippen molar-refractivity contribution in [1.29, 1.82) is 0 Å². The van der Waals surface area contributed by atoms with Crippen molar-refractivity contribution in [2.24, 2.45) is 0 Å². The van der Waals surface area contributed by atoms with E-state index in [1.807, 2.05) is 35.4 Å². The van der Waals surface area contributed by atoms with Gasteiger partial charge in [0.15, 0.2) is 0 Å². The first-order valence-corrected chi connectivity index (χ1v) is 6.64. The van der Waals surface area contributed by atoms with Gasteiger partial charge in [0.25, 0.3) is 0 Å².